The van der Waals surface area contributed by atoms with Crippen molar-refractivity contribution in [1.82, 2.24) is 15.2 Å². The van der Waals surface area contributed by atoms with Gasteiger partial charge in [0.2, 0.25) is 0 Å². The molecule has 0 amide bonds. The molecule has 0 saturated carbocycles. The maximum absolute atomic E-state index is 4.28. The number of pyridine rings is 1. The van der Waals surface area contributed by atoms with Gasteiger partial charge in [-0.3, -0.25) is 4.98 Å². The number of aromatic nitrogens is 1. The molecule has 96 valence electrons. The quantitative estimate of drug-likeness (QED) is 0.701. The van der Waals surface area contributed by atoms with Crippen LogP contribution in [0.1, 0.15) is 32.4 Å². The van der Waals surface area contributed by atoms with Crippen molar-refractivity contribution in [2.75, 3.05) is 20.1 Å². The minimum atomic E-state index is 0.650. The minimum Gasteiger partial charge on any atom is -0.311 e. The minimum absolute atomic E-state index is 0.650. The number of nitrogens with zero attached hydrogens (tertiary/aromatic N) is 2. The van der Waals surface area contributed by atoms with Crippen molar-refractivity contribution in [3.8, 4) is 0 Å². The summed E-state index contributed by atoms with van der Waals surface area (Å²) in [7, 11) is 2.19. The number of nitrogens with one attached hydrogen (secondary N) is 1. The first kappa shape index (κ1) is 14.1. The Balaban J connectivity index is 1.98. The van der Waals surface area contributed by atoms with Gasteiger partial charge in [-0.2, -0.15) is 0 Å². The average molecular weight is 235 g/mol. The zero-order valence-corrected chi connectivity index (χ0v) is 11.3. The van der Waals surface area contributed by atoms with E-state index in [2.05, 4.69) is 42.2 Å². The summed E-state index contributed by atoms with van der Waals surface area (Å²) in [4.78, 5) is 6.66. The van der Waals surface area contributed by atoms with Gasteiger partial charge < -0.3 is 10.2 Å². The molecule has 0 unspecified atom stereocenters. The maximum Gasteiger partial charge on any atom is 0.0541 e. The number of hydrogen-bond acceptors (Lipinski definition) is 3. The van der Waals surface area contributed by atoms with Gasteiger partial charge in [-0.1, -0.05) is 6.07 Å². The summed E-state index contributed by atoms with van der Waals surface area (Å²) in [5.41, 5.74) is 1.12. The summed E-state index contributed by atoms with van der Waals surface area (Å²) >= 11 is 0. The zero-order chi connectivity index (χ0) is 12.5. The van der Waals surface area contributed by atoms with Crippen LogP contribution in [0.15, 0.2) is 24.4 Å². The highest BCUT2D eigenvalue weighted by atomic mass is 15.1. The fourth-order valence-corrected chi connectivity index (χ4v) is 1.59. The lowest BCUT2D eigenvalue weighted by Gasteiger charge is -2.20. The lowest BCUT2D eigenvalue weighted by Crippen LogP contribution is -2.27. The van der Waals surface area contributed by atoms with E-state index in [4.69, 9.17) is 0 Å². The van der Waals surface area contributed by atoms with E-state index in [0.717, 1.165) is 18.8 Å². The van der Waals surface area contributed by atoms with Crippen molar-refractivity contribution < 1.29 is 0 Å². The third-order valence-corrected chi connectivity index (χ3v) is 3.03. The molecule has 0 atom stereocenters. The fourth-order valence-electron chi connectivity index (χ4n) is 1.59. The molecule has 0 aromatic carbocycles. The molecule has 1 rings (SSSR count). The van der Waals surface area contributed by atoms with Gasteiger partial charge in [0.1, 0.15) is 0 Å². The van der Waals surface area contributed by atoms with E-state index in [9.17, 15) is 0 Å². The number of rotatable bonds is 8. The molecule has 17 heavy (non-hydrogen) atoms. The maximum atomic E-state index is 4.28. The van der Waals surface area contributed by atoms with E-state index in [-0.39, 0.29) is 0 Å². The second-order valence-corrected chi connectivity index (χ2v) is 4.78. The molecule has 3 nitrogen and oxygen atoms in total. The summed E-state index contributed by atoms with van der Waals surface area (Å²) in [6.45, 7) is 7.60. The third-order valence-electron chi connectivity index (χ3n) is 3.03. The monoisotopic (exact) mass is 235 g/mol. The van der Waals surface area contributed by atoms with E-state index in [1.54, 1.807) is 0 Å². The van der Waals surface area contributed by atoms with Gasteiger partial charge in [-0.05, 0) is 59.0 Å². The first-order valence-corrected chi connectivity index (χ1v) is 6.51. The molecule has 0 spiro atoms. The summed E-state index contributed by atoms with van der Waals surface area (Å²) in [6, 6.07) is 6.68. The van der Waals surface area contributed by atoms with Crippen molar-refractivity contribution in [1.29, 1.82) is 0 Å². The molecule has 0 fully saturated rings. The van der Waals surface area contributed by atoms with Crippen LogP contribution in [0.25, 0.3) is 0 Å². The van der Waals surface area contributed by atoms with Gasteiger partial charge >= 0.3 is 0 Å². The van der Waals surface area contributed by atoms with Crippen LogP contribution in [0.3, 0.4) is 0 Å². The van der Waals surface area contributed by atoms with Gasteiger partial charge in [0.15, 0.2) is 0 Å². The summed E-state index contributed by atoms with van der Waals surface area (Å²) in [5, 5.41) is 3.42. The SMILES string of the molecule is CC(C)N(C)CCCCNCc1ccccn1. The van der Waals surface area contributed by atoms with Gasteiger partial charge in [-0.15, -0.1) is 0 Å². The molecule has 1 heterocycles. The van der Waals surface area contributed by atoms with Gasteiger partial charge in [-0.25, -0.2) is 0 Å². The van der Waals surface area contributed by atoms with Crippen molar-refractivity contribution in [3.63, 3.8) is 0 Å². The molecule has 0 aliphatic rings. The molecular formula is C14H25N3. The fraction of sp³-hybridized carbons (Fsp3) is 0.643. The Morgan fingerprint density at radius 1 is 1.29 bits per heavy atom. The van der Waals surface area contributed by atoms with Gasteiger partial charge in [0, 0.05) is 18.8 Å². The smallest absolute Gasteiger partial charge is 0.0541 e. The van der Waals surface area contributed by atoms with Crippen LogP contribution >= 0.6 is 0 Å². The molecule has 0 saturated heterocycles. The Hall–Kier alpha value is -0.930. The third kappa shape index (κ3) is 6.39. The highest BCUT2D eigenvalue weighted by molar-refractivity contribution is 5.02. The summed E-state index contributed by atoms with van der Waals surface area (Å²) in [6.07, 6.45) is 4.32. The van der Waals surface area contributed by atoms with E-state index in [1.807, 2.05) is 18.3 Å². The Labute approximate surface area is 105 Å². The standard InChI is InChI=1S/C14H25N3/c1-13(2)17(3)11-7-6-9-15-12-14-8-4-5-10-16-14/h4-5,8,10,13,15H,6-7,9,11-12H2,1-3H3. The molecule has 0 bridgehead atoms. The number of unbranched alkanes of at least 4 members (excludes halogenated alkanes) is 1. The molecule has 1 aromatic heterocycles. The molecule has 0 aliphatic carbocycles. The Kier molecular flexibility index (Phi) is 6.82. The van der Waals surface area contributed by atoms with Crippen LogP contribution in [0.5, 0.6) is 0 Å². The van der Waals surface area contributed by atoms with Crippen LogP contribution < -0.4 is 5.32 Å². The van der Waals surface area contributed by atoms with Crippen LogP contribution in [-0.4, -0.2) is 36.1 Å². The topological polar surface area (TPSA) is 28.2 Å². The molecule has 3 heteroatoms. The molecule has 1 aromatic rings. The van der Waals surface area contributed by atoms with Crippen molar-refractivity contribution in [3.05, 3.63) is 30.1 Å². The first-order valence-electron chi connectivity index (χ1n) is 6.51. The Bertz CT molecular complexity index is 285. The predicted octanol–water partition coefficient (Wildman–Crippen LogP) is 2.29. The van der Waals surface area contributed by atoms with Crippen LogP contribution in [-0.2, 0) is 6.54 Å². The van der Waals surface area contributed by atoms with Gasteiger partial charge in [0.05, 0.1) is 5.69 Å². The highest BCUT2D eigenvalue weighted by Crippen LogP contribution is 1.98. The summed E-state index contributed by atoms with van der Waals surface area (Å²) in [5.74, 6) is 0. The van der Waals surface area contributed by atoms with Crippen LogP contribution in [0, 0.1) is 0 Å². The second kappa shape index (κ2) is 8.20. The van der Waals surface area contributed by atoms with Gasteiger partial charge in [0.25, 0.3) is 0 Å². The van der Waals surface area contributed by atoms with Crippen molar-refractivity contribution in [2.45, 2.75) is 39.3 Å². The van der Waals surface area contributed by atoms with Crippen LogP contribution in [0.4, 0.5) is 0 Å². The van der Waals surface area contributed by atoms with E-state index < -0.39 is 0 Å². The molecular weight excluding hydrogens is 210 g/mol. The molecule has 1 N–H and O–H groups in total. The van der Waals surface area contributed by atoms with Crippen LogP contribution in [0.2, 0.25) is 0 Å². The molecule has 0 aliphatic heterocycles. The first-order chi connectivity index (χ1) is 8.20. The Morgan fingerprint density at radius 2 is 2.12 bits per heavy atom. The highest BCUT2D eigenvalue weighted by Gasteiger charge is 2.01. The zero-order valence-electron chi connectivity index (χ0n) is 11.3. The van der Waals surface area contributed by atoms with Crippen molar-refractivity contribution in [2.24, 2.45) is 0 Å². The largest absolute Gasteiger partial charge is 0.311 e. The molecule has 0 radical (unpaired) electrons. The average Bonchev–Trinajstić information content (AvgIpc) is 2.34. The van der Waals surface area contributed by atoms with E-state index >= 15 is 0 Å². The Morgan fingerprint density at radius 3 is 2.76 bits per heavy atom. The second-order valence-electron chi connectivity index (χ2n) is 4.78. The van der Waals surface area contributed by atoms with E-state index in [0.29, 0.717) is 6.04 Å². The lowest BCUT2D eigenvalue weighted by molar-refractivity contribution is 0.268. The lowest BCUT2D eigenvalue weighted by atomic mass is 10.2. The predicted molar refractivity (Wildman–Crippen MR) is 72.9 cm³/mol. The number of hydrogen-bond donors (Lipinski definition) is 1. The van der Waals surface area contributed by atoms with E-state index in [1.165, 1.54) is 19.4 Å². The van der Waals surface area contributed by atoms with Crippen molar-refractivity contribution >= 4 is 0 Å². The summed E-state index contributed by atoms with van der Waals surface area (Å²) < 4.78 is 0. The normalized spacial score (nSPS) is 11.4.